The van der Waals surface area contributed by atoms with Gasteiger partial charge in [-0.3, -0.25) is 19.7 Å². The molecule has 1 amide bonds. The van der Waals surface area contributed by atoms with Crippen molar-refractivity contribution < 1.29 is 24.4 Å². The quantitative estimate of drug-likeness (QED) is 0.143. The number of benzene rings is 2. The van der Waals surface area contributed by atoms with Gasteiger partial charge in [0.05, 0.1) is 22.6 Å². The summed E-state index contributed by atoms with van der Waals surface area (Å²) in [6, 6.07) is 11.6. The van der Waals surface area contributed by atoms with Gasteiger partial charge in [-0.2, -0.15) is 0 Å². The summed E-state index contributed by atoms with van der Waals surface area (Å²) in [5.41, 5.74) is 0.702. The third-order valence-electron chi connectivity index (χ3n) is 5.44. The minimum absolute atomic E-state index is 0.0351. The Morgan fingerprint density at radius 1 is 1.15 bits per heavy atom. The average molecular weight is 453 g/mol. The van der Waals surface area contributed by atoms with Crippen LogP contribution in [0.3, 0.4) is 0 Å². The molecular weight excluding hydrogens is 424 g/mol. The maximum atomic E-state index is 13.0. The molecule has 0 spiro atoms. The monoisotopic (exact) mass is 452 g/mol. The summed E-state index contributed by atoms with van der Waals surface area (Å²) in [6.07, 6.45) is 2.51. The molecule has 3 rings (SSSR count). The molecule has 174 valence electrons. The van der Waals surface area contributed by atoms with Gasteiger partial charge >= 0.3 is 0 Å². The second-order valence-corrected chi connectivity index (χ2v) is 8.24. The molecule has 0 aliphatic carbocycles. The summed E-state index contributed by atoms with van der Waals surface area (Å²) in [5, 5.41) is 22.0. The number of likely N-dealkylation sites (tertiary alicyclic amines) is 1. The number of ketones is 1. The number of hydrogen-bond donors (Lipinski definition) is 1. The van der Waals surface area contributed by atoms with Crippen molar-refractivity contribution in [2.24, 2.45) is 0 Å². The zero-order valence-corrected chi connectivity index (χ0v) is 19.0. The Kier molecular flexibility index (Phi) is 7.48. The largest absolute Gasteiger partial charge is 0.507 e. The summed E-state index contributed by atoms with van der Waals surface area (Å²) >= 11 is 0. The number of nitrogens with zero attached hydrogens (tertiary/aromatic N) is 2. The van der Waals surface area contributed by atoms with Crippen molar-refractivity contribution in [1.82, 2.24) is 4.90 Å². The standard InChI is InChI=1S/C25H28N2O6/c1-4-5-6-14-26-22(18-8-7-9-20(15-18)33-16(2)3)21(24(29)25(26)30)23(28)17-10-12-19(13-11-17)27(31)32/h7-13,15-16,22,28H,4-6,14H2,1-3H3/b23-21+. The van der Waals surface area contributed by atoms with Crippen LogP contribution in [-0.2, 0) is 9.59 Å². The summed E-state index contributed by atoms with van der Waals surface area (Å²) in [5.74, 6) is -1.21. The number of non-ortho nitro benzene ring substituents is 1. The molecule has 2 aromatic rings. The third-order valence-corrected chi connectivity index (χ3v) is 5.44. The molecular formula is C25H28N2O6. The van der Waals surface area contributed by atoms with Crippen LogP contribution in [0.2, 0.25) is 0 Å². The van der Waals surface area contributed by atoms with Crippen molar-refractivity contribution in [1.29, 1.82) is 0 Å². The molecule has 1 aliphatic rings. The second-order valence-electron chi connectivity index (χ2n) is 8.24. The highest BCUT2D eigenvalue weighted by Gasteiger charge is 2.45. The number of amides is 1. The molecule has 1 aliphatic heterocycles. The first-order valence-corrected chi connectivity index (χ1v) is 11.0. The number of unbranched alkanes of at least 4 members (excludes halogenated alkanes) is 2. The van der Waals surface area contributed by atoms with Crippen LogP contribution in [0.4, 0.5) is 5.69 Å². The lowest BCUT2D eigenvalue weighted by Gasteiger charge is -2.26. The molecule has 8 nitrogen and oxygen atoms in total. The Morgan fingerprint density at radius 3 is 2.45 bits per heavy atom. The van der Waals surface area contributed by atoms with E-state index < -0.39 is 22.7 Å². The first kappa shape index (κ1) is 24.0. The fourth-order valence-electron chi connectivity index (χ4n) is 3.92. The van der Waals surface area contributed by atoms with Gasteiger partial charge in [0.25, 0.3) is 17.4 Å². The third kappa shape index (κ3) is 5.22. The minimum atomic E-state index is -0.784. The molecule has 1 unspecified atom stereocenters. The van der Waals surface area contributed by atoms with Crippen LogP contribution in [0, 0.1) is 10.1 Å². The van der Waals surface area contributed by atoms with Gasteiger partial charge in [0.15, 0.2) is 0 Å². The molecule has 0 radical (unpaired) electrons. The SMILES string of the molecule is CCCCCN1C(=O)C(=O)/C(=C(/O)c2ccc([N+](=O)[O-])cc2)C1c1cccc(OC(C)C)c1. The number of hydrogen-bond acceptors (Lipinski definition) is 6. The van der Waals surface area contributed by atoms with Gasteiger partial charge < -0.3 is 14.7 Å². The molecule has 0 saturated carbocycles. The lowest BCUT2D eigenvalue weighted by Crippen LogP contribution is -2.30. The lowest BCUT2D eigenvalue weighted by molar-refractivity contribution is -0.384. The van der Waals surface area contributed by atoms with E-state index in [1.807, 2.05) is 20.8 Å². The van der Waals surface area contributed by atoms with Crippen LogP contribution in [0.15, 0.2) is 54.1 Å². The van der Waals surface area contributed by atoms with E-state index in [1.165, 1.54) is 29.2 Å². The zero-order valence-electron chi connectivity index (χ0n) is 19.0. The van der Waals surface area contributed by atoms with Gasteiger partial charge in [-0.25, -0.2) is 0 Å². The summed E-state index contributed by atoms with van der Waals surface area (Å²) in [7, 11) is 0. The first-order valence-electron chi connectivity index (χ1n) is 11.0. The number of rotatable bonds is 9. The molecule has 1 saturated heterocycles. The fraction of sp³-hybridized carbons (Fsp3) is 0.360. The first-order chi connectivity index (χ1) is 15.7. The Labute approximate surface area is 192 Å². The van der Waals surface area contributed by atoms with E-state index >= 15 is 0 Å². The zero-order chi connectivity index (χ0) is 24.1. The molecule has 1 heterocycles. The smallest absolute Gasteiger partial charge is 0.295 e. The van der Waals surface area contributed by atoms with Gasteiger partial charge in [0.1, 0.15) is 11.5 Å². The number of nitro groups is 1. The lowest BCUT2D eigenvalue weighted by atomic mass is 9.95. The molecule has 1 N–H and O–H groups in total. The molecule has 0 aromatic heterocycles. The van der Waals surface area contributed by atoms with Crippen LogP contribution in [-0.4, -0.2) is 39.3 Å². The molecule has 0 bridgehead atoms. The van der Waals surface area contributed by atoms with Gasteiger partial charge in [-0.1, -0.05) is 31.9 Å². The number of nitro benzene ring substituents is 1. The highest BCUT2D eigenvalue weighted by atomic mass is 16.6. The predicted octanol–water partition coefficient (Wildman–Crippen LogP) is 4.99. The average Bonchev–Trinajstić information content (AvgIpc) is 3.03. The Hall–Kier alpha value is -3.68. The highest BCUT2D eigenvalue weighted by Crippen LogP contribution is 2.40. The van der Waals surface area contributed by atoms with E-state index in [2.05, 4.69) is 0 Å². The Bertz CT molecular complexity index is 1070. The van der Waals surface area contributed by atoms with Crippen molar-refractivity contribution in [2.75, 3.05) is 6.54 Å². The van der Waals surface area contributed by atoms with Gasteiger partial charge in [0, 0.05) is 24.2 Å². The van der Waals surface area contributed by atoms with Gasteiger partial charge in [0.2, 0.25) is 0 Å². The van der Waals surface area contributed by atoms with Crippen molar-refractivity contribution in [3.05, 3.63) is 75.3 Å². The number of ether oxygens (including phenoxy) is 1. The van der Waals surface area contributed by atoms with Gasteiger partial charge in [-0.15, -0.1) is 0 Å². The number of aliphatic hydroxyl groups excluding tert-OH is 1. The van der Waals surface area contributed by atoms with E-state index in [0.29, 0.717) is 17.9 Å². The Morgan fingerprint density at radius 2 is 1.85 bits per heavy atom. The van der Waals surface area contributed by atoms with Crippen LogP contribution < -0.4 is 4.74 Å². The fourth-order valence-corrected chi connectivity index (χ4v) is 3.92. The topological polar surface area (TPSA) is 110 Å². The number of carbonyl (C=O) groups is 2. The summed E-state index contributed by atoms with van der Waals surface area (Å²) < 4.78 is 5.79. The predicted molar refractivity (Wildman–Crippen MR) is 124 cm³/mol. The van der Waals surface area contributed by atoms with E-state index in [0.717, 1.165) is 19.3 Å². The second kappa shape index (κ2) is 10.3. The van der Waals surface area contributed by atoms with Crippen LogP contribution in [0.1, 0.15) is 57.2 Å². The summed E-state index contributed by atoms with van der Waals surface area (Å²) in [4.78, 5) is 37.9. The maximum Gasteiger partial charge on any atom is 0.295 e. The van der Waals surface area contributed by atoms with E-state index in [-0.39, 0.29) is 28.7 Å². The van der Waals surface area contributed by atoms with Crippen LogP contribution in [0.5, 0.6) is 5.75 Å². The molecule has 2 aromatic carbocycles. The van der Waals surface area contributed by atoms with E-state index in [4.69, 9.17) is 4.74 Å². The normalized spacial score (nSPS) is 17.6. The number of aliphatic hydroxyl groups is 1. The molecule has 1 atom stereocenters. The van der Waals surface area contributed by atoms with Crippen molar-refractivity contribution in [3.8, 4) is 5.75 Å². The number of carbonyl (C=O) groups excluding carboxylic acids is 2. The van der Waals surface area contributed by atoms with Crippen LogP contribution >= 0.6 is 0 Å². The summed E-state index contributed by atoms with van der Waals surface area (Å²) in [6.45, 7) is 6.22. The van der Waals surface area contributed by atoms with E-state index in [1.54, 1.807) is 24.3 Å². The molecule has 1 fully saturated rings. The Balaban J connectivity index is 2.11. The number of Topliss-reactive ketones (excluding diaryl/α,β-unsaturated/α-hetero) is 1. The molecule has 8 heteroatoms. The minimum Gasteiger partial charge on any atom is -0.507 e. The molecule has 33 heavy (non-hydrogen) atoms. The van der Waals surface area contributed by atoms with Crippen LogP contribution in [0.25, 0.3) is 5.76 Å². The highest BCUT2D eigenvalue weighted by molar-refractivity contribution is 6.46. The van der Waals surface area contributed by atoms with Crippen molar-refractivity contribution >= 4 is 23.1 Å². The van der Waals surface area contributed by atoms with Gasteiger partial charge in [-0.05, 0) is 50.1 Å². The van der Waals surface area contributed by atoms with Crippen molar-refractivity contribution in [3.63, 3.8) is 0 Å². The maximum absolute atomic E-state index is 13.0. The van der Waals surface area contributed by atoms with Crippen molar-refractivity contribution in [2.45, 2.75) is 52.2 Å². The van der Waals surface area contributed by atoms with E-state index in [9.17, 15) is 24.8 Å².